The molecule has 0 aliphatic carbocycles. The first-order chi connectivity index (χ1) is 49.9. The van der Waals surface area contributed by atoms with Gasteiger partial charge in [0.05, 0.1) is 55.7 Å². The Bertz CT molecular complexity index is 4660. The monoisotopic (exact) mass is 1500 g/mol. The number of fused-ring (bicyclic) bond motifs is 3. The minimum Gasteiger partial charge on any atom is -0.368 e. The van der Waals surface area contributed by atoms with E-state index in [1.807, 2.05) is 42.5 Å². The third-order valence-corrected chi connectivity index (χ3v) is 21.8. The van der Waals surface area contributed by atoms with Crippen molar-refractivity contribution >= 4 is 162 Å². The van der Waals surface area contributed by atoms with Crippen LogP contribution >= 0.6 is 68.8 Å². The van der Waals surface area contributed by atoms with Crippen LogP contribution in [-0.4, -0.2) is 202 Å². The number of nitrogens with one attached hydrogen (secondary N) is 3. The van der Waals surface area contributed by atoms with Gasteiger partial charge in [-0.3, -0.25) is 67.8 Å². The summed E-state index contributed by atoms with van der Waals surface area (Å²) in [4.78, 5) is 158. The second kappa shape index (κ2) is 31.7. The quantitative estimate of drug-likeness (QED) is 0.0806. The molecule has 25 nitrogen and oxygen atoms in total. The number of piperazine rings is 3. The Balaban J connectivity index is 0.000000138. The molecule has 6 aliphatic rings. The van der Waals surface area contributed by atoms with E-state index in [0.29, 0.717) is 109 Å². The molecule has 526 valence electrons. The zero-order valence-electron chi connectivity index (χ0n) is 54.9. The first-order valence-electron chi connectivity index (χ1n) is 32.7. The molecule has 0 bridgehead atoms. The van der Waals surface area contributed by atoms with Gasteiger partial charge in [-0.25, -0.2) is 0 Å². The van der Waals surface area contributed by atoms with Crippen LogP contribution in [0.25, 0.3) is 0 Å². The summed E-state index contributed by atoms with van der Waals surface area (Å²) in [5, 5.41) is 8.39. The molecule has 12 heterocycles. The van der Waals surface area contributed by atoms with Crippen molar-refractivity contribution in [1.82, 2.24) is 44.4 Å². The number of anilines is 6. The van der Waals surface area contributed by atoms with Gasteiger partial charge in [0.15, 0.2) is 0 Å². The van der Waals surface area contributed by atoms with Crippen LogP contribution in [0.4, 0.5) is 34.1 Å². The van der Waals surface area contributed by atoms with Gasteiger partial charge in [-0.05, 0) is 109 Å². The predicted octanol–water partition coefficient (Wildman–Crippen LogP) is 9.70. The molecular weight excluding hydrogens is 1440 g/mol. The van der Waals surface area contributed by atoms with Crippen molar-refractivity contribution in [3.8, 4) is 0 Å². The molecule has 3 saturated heterocycles. The van der Waals surface area contributed by atoms with Crippen molar-refractivity contribution in [2.45, 2.75) is 13.1 Å². The van der Waals surface area contributed by atoms with Crippen molar-refractivity contribution in [3.63, 3.8) is 0 Å². The third kappa shape index (κ3) is 16.2. The number of carbonyl (C=O) groups is 10. The molecular formula is C72H64Cl3N15O10S3. The number of imide groups is 1. The van der Waals surface area contributed by atoms with Crippen LogP contribution in [0.15, 0.2) is 165 Å². The molecule has 6 aliphatic heterocycles. The zero-order chi connectivity index (χ0) is 71.8. The fraction of sp³-hybridized carbons (Fsp3) is 0.236. The van der Waals surface area contributed by atoms with Crippen LogP contribution in [0.2, 0.25) is 13.0 Å². The number of benzene rings is 3. The van der Waals surface area contributed by atoms with Crippen molar-refractivity contribution < 1.29 is 47.9 Å². The SMILES string of the molecule is O=C(Nc1cccc2c1C(=O)N(CC(=O)N1CCN(c3ccncc3)CC1)C2)c1ccc(Cl)s1.O=C(Nc1cccc2c1C(=O)N(CC(=O)N1CCN(c3ccncc3)CC1)C2=O)c1ccc(Cl)s1.O=C(Nc1cccc2c1CN(CC(=O)N1CCN(c3ccncc3)CC1)C2=O)c1ccc(Cl)s1. The van der Waals surface area contributed by atoms with Crippen molar-refractivity contribution in [3.05, 3.63) is 226 Å². The molecule has 0 unspecified atom stereocenters. The highest BCUT2D eigenvalue weighted by atomic mass is 35.5. The minimum absolute atomic E-state index is 0.0106. The van der Waals surface area contributed by atoms with Gasteiger partial charge in [-0.1, -0.05) is 59.1 Å². The van der Waals surface area contributed by atoms with Crippen LogP contribution in [0.1, 0.15) is 81.6 Å². The Kier molecular flexibility index (Phi) is 21.8. The molecule has 0 radical (unpaired) electrons. The molecule has 6 aromatic heterocycles. The van der Waals surface area contributed by atoms with E-state index in [2.05, 4.69) is 45.6 Å². The van der Waals surface area contributed by atoms with E-state index < -0.39 is 17.7 Å². The average molecular weight is 1500 g/mol. The third-order valence-electron chi connectivity index (χ3n) is 18.1. The molecule has 3 fully saturated rings. The Morgan fingerprint density at radius 1 is 0.369 bits per heavy atom. The highest BCUT2D eigenvalue weighted by Crippen LogP contribution is 2.35. The Morgan fingerprint density at radius 2 is 0.738 bits per heavy atom. The summed E-state index contributed by atoms with van der Waals surface area (Å²) in [6.07, 6.45) is 10.5. The summed E-state index contributed by atoms with van der Waals surface area (Å²) in [6, 6.07) is 36.7. The highest BCUT2D eigenvalue weighted by Gasteiger charge is 2.41. The topological polar surface area (TPSA) is 275 Å². The summed E-state index contributed by atoms with van der Waals surface area (Å²) in [6.45, 7) is 7.83. The van der Waals surface area contributed by atoms with E-state index in [9.17, 15) is 47.9 Å². The smallest absolute Gasteiger partial charge is 0.265 e. The number of aromatic nitrogens is 3. The number of hydrogen-bond donors (Lipinski definition) is 3. The normalized spacial score (nSPS) is 15.4. The molecule has 31 heteroatoms. The van der Waals surface area contributed by atoms with Crippen molar-refractivity contribution in [2.24, 2.45) is 0 Å². The lowest BCUT2D eigenvalue weighted by Gasteiger charge is -2.36. The highest BCUT2D eigenvalue weighted by molar-refractivity contribution is 7.18. The Morgan fingerprint density at radius 3 is 1.16 bits per heavy atom. The number of carbonyl (C=O) groups excluding carboxylic acids is 10. The molecule has 3 aromatic carbocycles. The van der Waals surface area contributed by atoms with Gasteiger partial charge >= 0.3 is 0 Å². The van der Waals surface area contributed by atoms with E-state index in [0.717, 1.165) is 70.6 Å². The number of nitrogens with zero attached hydrogens (tertiary/aromatic N) is 12. The van der Waals surface area contributed by atoms with Crippen LogP contribution < -0.4 is 30.7 Å². The van der Waals surface area contributed by atoms with Gasteiger partial charge in [0.25, 0.3) is 41.4 Å². The number of pyridine rings is 3. The van der Waals surface area contributed by atoms with Crippen molar-refractivity contribution in [2.75, 3.05) is 129 Å². The van der Waals surface area contributed by atoms with Crippen LogP contribution in [-0.2, 0) is 27.5 Å². The largest absolute Gasteiger partial charge is 0.368 e. The second-order valence-corrected chi connectivity index (χ2v) is 29.5. The van der Waals surface area contributed by atoms with E-state index in [4.69, 9.17) is 34.8 Å². The van der Waals surface area contributed by atoms with E-state index in [1.54, 1.807) is 141 Å². The van der Waals surface area contributed by atoms with E-state index in [1.165, 1.54) is 28.7 Å². The van der Waals surface area contributed by atoms with Gasteiger partial charge in [0.1, 0.15) is 19.6 Å². The minimum atomic E-state index is -0.603. The molecule has 0 spiro atoms. The zero-order valence-corrected chi connectivity index (χ0v) is 59.6. The number of hydrogen-bond acceptors (Lipinski definition) is 19. The summed E-state index contributed by atoms with van der Waals surface area (Å²) < 4.78 is 1.52. The summed E-state index contributed by atoms with van der Waals surface area (Å²) in [5.41, 5.74) is 7.16. The van der Waals surface area contributed by atoms with Gasteiger partial charge in [0.2, 0.25) is 17.7 Å². The molecule has 10 amide bonds. The molecule has 3 N–H and O–H groups in total. The van der Waals surface area contributed by atoms with Gasteiger partial charge in [-0.2, -0.15) is 0 Å². The molecule has 9 aromatic rings. The number of thiophene rings is 3. The fourth-order valence-corrected chi connectivity index (χ4v) is 15.6. The molecule has 0 saturated carbocycles. The van der Waals surface area contributed by atoms with Gasteiger partial charge < -0.3 is 55.1 Å². The maximum Gasteiger partial charge on any atom is 0.265 e. The second-order valence-electron chi connectivity index (χ2n) is 24.3. The maximum atomic E-state index is 13.2. The van der Waals surface area contributed by atoms with Crippen LogP contribution in [0, 0.1) is 0 Å². The van der Waals surface area contributed by atoms with Crippen molar-refractivity contribution in [1.29, 1.82) is 0 Å². The van der Waals surface area contributed by atoms with E-state index >= 15 is 0 Å². The van der Waals surface area contributed by atoms with Crippen LogP contribution in [0.5, 0.6) is 0 Å². The van der Waals surface area contributed by atoms with Gasteiger partial charge in [0, 0.05) is 163 Å². The summed E-state index contributed by atoms with van der Waals surface area (Å²) in [7, 11) is 0. The standard InChI is InChI=1S/C24H20ClN5O4S.2C24H22ClN5O3S/c25-19-5-4-18(35-19)22(32)27-17-3-1-2-16-21(17)24(34)30(23(16)33)14-20(31)29-12-10-28(11-13-29)15-6-8-26-9-7-15;25-21-5-4-20(34-21)23(32)27-19-3-1-2-17-18(19)14-30(24(17)33)15-22(31)29-12-10-28(11-13-29)16-6-8-26-9-7-16;25-20-5-4-19(34-20)23(32)27-18-3-1-2-16-14-30(24(33)22(16)18)15-21(31)29-12-10-28(11-13-29)17-6-8-26-9-7-17/h1-9H,10-14H2,(H,27,32);2*1-9H,10-15H2,(H,27,32). The molecule has 103 heavy (non-hydrogen) atoms. The lowest BCUT2D eigenvalue weighted by molar-refractivity contribution is -0.133. The molecule has 0 atom stereocenters. The maximum absolute atomic E-state index is 13.2. The number of halogens is 3. The predicted molar refractivity (Wildman–Crippen MR) is 395 cm³/mol. The van der Waals surface area contributed by atoms with Gasteiger partial charge in [-0.15, -0.1) is 34.0 Å². The first-order valence-corrected chi connectivity index (χ1v) is 36.3. The lowest BCUT2D eigenvalue weighted by atomic mass is 10.1. The number of amides is 10. The lowest BCUT2D eigenvalue weighted by Crippen LogP contribution is -2.51. The van der Waals surface area contributed by atoms with Crippen LogP contribution in [0.3, 0.4) is 0 Å². The first kappa shape index (κ1) is 70.8. The van der Waals surface area contributed by atoms with E-state index in [-0.39, 0.29) is 84.3 Å². The molecule has 15 rings (SSSR count). The number of rotatable bonds is 15. The summed E-state index contributed by atoms with van der Waals surface area (Å²) >= 11 is 21.2. The summed E-state index contributed by atoms with van der Waals surface area (Å²) in [5.74, 6) is -3.08. The Labute approximate surface area is 617 Å². The fourth-order valence-electron chi connectivity index (χ4n) is 12.8. The Hall–Kier alpha value is -10.6. The average Bonchev–Trinajstić information content (AvgIpc) is 1.63.